The Kier molecular flexibility index (Phi) is 14.1. The summed E-state index contributed by atoms with van der Waals surface area (Å²) in [6, 6.07) is 2.53. The van der Waals surface area contributed by atoms with E-state index in [0.717, 1.165) is 11.1 Å². The molecule has 15 heteroatoms. The largest absolute Gasteiger partial charge is 0.457 e. The Balaban J connectivity index is 1.73. The standard InChI is InChI=1S/C38H54ClN3O10S/c1-21-10-9-11-27(20-44)38(49)18-29(50-36(48)40-38)23(3)34-37(5,52-34)30(51-35(47)24(4)41(6)31(45)13-12-22(2)53-8)17-32(46)42(7)28-16-25(14-21)15-26(19-43)33(28)39/h9-11,15-16,22-24,27,29-30,34,43-44,49H,12-14,17-20H2,1-8H3,(H,40,48)/b11-9+,21-10+/t22?,23-,24-,27+,29+,30+,34+,37+,38+/m1/s1. The number of hydrogen-bond acceptors (Lipinski definition) is 11. The average molecular weight is 780 g/mol. The molecule has 3 heterocycles. The third-order valence-electron chi connectivity index (χ3n) is 10.9. The van der Waals surface area contributed by atoms with Gasteiger partial charge in [-0.15, -0.1) is 0 Å². The van der Waals surface area contributed by atoms with Crippen molar-refractivity contribution in [2.75, 3.05) is 31.9 Å². The molecule has 3 aliphatic heterocycles. The lowest BCUT2D eigenvalue weighted by Gasteiger charge is -2.42. The number of thioether (sulfide) groups is 1. The number of ether oxygens (including phenoxy) is 3. The predicted octanol–water partition coefficient (Wildman–Crippen LogP) is 4.12. The number of rotatable bonds is 9. The highest BCUT2D eigenvalue weighted by molar-refractivity contribution is 7.99. The summed E-state index contributed by atoms with van der Waals surface area (Å²) in [4.78, 5) is 56.4. The van der Waals surface area contributed by atoms with Crippen LogP contribution in [0.25, 0.3) is 0 Å². The van der Waals surface area contributed by atoms with E-state index in [9.17, 15) is 34.5 Å². The number of allylic oxidation sites excluding steroid dienone is 3. The van der Waals surface area contributed by atoms with Crippen LogP contribution in [0.2, 0.25) is 5.02 Å². The van der Waals surface area contributed by atoms with Crippen molar-refractivity contribution in [2.24, 2.45) is 11.8 Å². The minimum Gasteiger partial charge on any atom is -0.457 e. The zero-order valence-electron chi connectivity index (χ0n) is 31.8. The summed E-state index contributed by atoms with van der Waals surface area (Å²) in [5.41, 5.74) is -0.691. The van der Waals surface area contributed by atoms with E-state index in [4.69, 9.17) is 25.8 Å². The van der Waals surface area contributed by atoms with Crippen LogP contribution in [0.15, 0.2) is 35.9 Å². The van der Waals surface area contributed by atoms with Crippen LogP contribution >= 0.6 is 23.4 Å². The van der Waals surface area contributed by atoms with Crippen LogP contribution < -0.4 is 10.2 Å². The van der Waals surface area contributed by atoms with E-state index < -0.39 is 72.1 Å². The molecule has 0 aromatic heterocycles. The molecule has 13 nitrogen and oxygen atoms in total. The van der Waals surface area contributed by atoms with Crippen molar-refractivity contribution >= 4 is 52.9 Å². The van der Waals surface area contributed by atoms with E-state index in [0.29, 0.717) is 24.1 Å². The van der Waals surface area contributed by atoms with Crippen molar-refractivity contribution in [2.45, 2.75) is 114 Å². The molecular weight excluding hydrogens is 726 g/mol. The lowest BCUT2D eigenvalue weighted by atomic mass is 9.81. The van der Waals surface area contributed by atoms with Gasteiger partial charge in [0, 0.05) is 44.0 Å². The summed E-state index contributed by atoms with van der Waals surface area (Å²) in [5, 5.41) is 35.1. The Morgan fingerprint density at radius 1 is 1.25 bits per heavy atom. The maximum atomic E-state index is 14.1. The Morgan fingerprint density at radius 2 is 1.94 bits per heavy atom. The summed E-state index contributed by atoms with van der Waals surface area (Å²) in [5.74, 6) is -2.86. The highest BCUT2D eigenvalue weighted by atomic mass is 35.5. The van der Waals surface area contributed by atoms with E-state index in [1.54, 1.807) is 63.9 Å². The maximum absolute atomic E-state index is 14.1. The van der Waals surface area contributed by atoms with E-state index in [1.807, 2.05) is 26.2 Å². The van der Waals surface area contributed by atoms with Gasteiger partial charge < -0.3 is 39.3 Å². The molecular formula is C38H54ClN3O10S. The molecule has 2 saturated heterocycles. The molecule has 0 aliphatic carbocycles. The van der Waals surface area contributed by atoms with Gasteiger partial charge >= 0.3 is 12.1 Å². The number of likely N-dealkylation sites (N-methyl/N-ethyl adjacent to an activating group) is 1. The highest BCUT2D eigenvalue weighted by Gasteiger charge is 2.64. The molecule has 2 fully saturated rings. The SMILES string of the molecule is CSC(C)CCC(=O)N(C)[C@H](C)C(=O)O[C@H]1CC(=O)N(C)c2cc(cc(CO)c2Cl)C/C(C)=C/C=C/[C@@H](CO)[C@@]2(O)C[C@H](OC(=O)N2)[C@@H](C)[C@@H]2O[C@@]12C. The number of anilines is 1. The summed E-state index contributed by atoms with van der Waals surface area (Å²) >= 11 is 8.37. The summed E-state index contributed by atoms with van der Waals surface area (Å²) < 4.78 is 17.9. The molecule has 4 rings (SSSR count). The predicted molar refractivity (Wildman–Crippen MR) is 202 cm³/mol. The number of esters is 1. The average Bonchev–Trinajstić information content (AvgIpc) is 3.82. The first-order valence-corrected chi connectivity index (χ1v) is 19.6. The first kappa shape index (κ1) is 42.6. The van der Waals surface area contributed by atoms with Crippen molar-refractivity contribution in [1.29, 1.82) is 0 Å². The van der Waals surface area contributed by atoms with E-state index in [2.05, 4.69) is 5.32 Å². The minimum absolute atomic E-state index is 0.0897. The second kappa shape index (κ2) is 17.5. The number of amides is 3. The second-order valence-corrected chi connectivity index (χ2v) is 16.4. The Labute approximate surface area is 321 Å². The van der Waals surface area contributed by atoms with Gasteiger partial charge in [0.1, 0.15) is 23.9 Å². The fraction of sp³-hybridized carbons (Fsp3) is 0.632. The zero-order chi connectivity index (χ0) is 39.4. The molecule has 4 bridgehead atoms. The van der Waals surface area contributed by atoms with Crippen molar-refractivity contribution in [3.8, 4) is 0 Å². The molecule has 1 unspecified atom stereocenters. The topological polar surface area (TPSA) is 178 Å². The van der Waals surface area contributed by atoms with Crippen molar-refractivity contribution in [1.82, 2.24) is 10.2 Å². The number of carbonyl (C=O) groups excluding carboxylic acids is 4. The van der Waals surface area contributed by atoms with E-state index in [-0.39, 0.29) is 42.0 Å². The lowest BCUT2D eigenvalue weighted by molar-refractivity contribution is -0.162. The third-order valence-corrected chi connectivity index (χ3v) is 12.4. The van der Waals surface area contributed by atoms with Gasteiger partial charge in [-0.25, -0.2) is 9.59 Å². The second-order valence-electron chi connectivity index (χ2n) is 14.7. The number of epoxide rings is 1. The fourth-order valence-electron chi connectivity index (χ4n) is 6.93. The van der Waals surface area contributed by atoms with Crippen molar-refractivity contribution < 1.29 is 48.7 Å². The van der Waals surface area contributed by atoms with Gasteiger partial charge in [0.05, 0.1) is 36.4 Å². The number of nitrogens with zero attached hydrogens (tertiary/aromatic N) is 2. The van der Waals surface area contributed by atoms with Gasteiger partial charge in [-0.1, -0.05) is 55.3 Å². The molecule has 0 radical (unpaired) electrons. The van der Waals surface area contributed by atoms with Crippen LogP contribution in [-0.2, 0) is 41.6 Å². The van der Waals surface area contributed by atoms with Crippen LogP contribution in [0, 0.1) is 11.8 Å². The quantitative estimate of drug-likeness (QED) is 0.209. The van der Waals surface area contributed by atoms with Crippen LogP contribution in [-0.4, -0.2) is 112 Å². The van der Waals surface area contributed by atoms with Crippen LogP contribution in [0.1, 0.15) is 71.4 Å². The van der Waals surface area contributed by atoms with Crippen molar-refractivity contribution in [3.63, 3.8) is 0 Å². The normalized spacial score (nSPS) is 31.9. The maximum Gasteiger partial charge on any atom is 0.409 e. The number of alkyl carbamates (subject to hydrolysis) is 1. The van der Waals surface area contributed by atoms with Crippen molar-refractivity contribution in [3.05, 3.63) is 52.1 Å². The number of nitrogens with one attached hydrogen (secondary N) is 1. The van der Waals surface area contributed by atoms with Gasteiger partial charge in [-0.05, 0) is 57.1 Å². The Bertz CT molecular complexity index is 1610. The van der Waals surface area contributed by atoms with Gasteiger partial charge in [-0.2, -0.15) is 11.8 Å². The first-order chi connectivity index (χ1) is 24.9. The smallest absolute Gasteiger partial charge is 0.409 e. The molecule has 1 aromatic rings. The van der Waals surface area contributed by atoms with Gasteiger partial charge in [0.2, 0.25) is 11.8 Å². The molecule has 53 heavy (non-hydrogen) atoms. The molecule has 294 valence electrons. The third kappa shape index (κ3) is 9.76. The molecule has 0 spiro atoms. The van der Waals surface area contributed by atoms with Gasteiger partial charge in [0.25, 0.3) is 0 Å². The monoisotopic (exact) mass is 779 g/mol. The highest BCUT2D eigenvalue weighted by Crippen LogP contribution is 2.49. The number of carbonyl (C=O) groups is 4. The Morgan fingerprint density at radius 3 is 2.58 bits per heavy atom. The number of aliphatic hydroxyl groups excluding tert-OH is 2. The van der Waals surface area contributed by atoms with E-state index >= 15 is 0 Å². The van der Waals surface area contributed by atoms with Gasteiger partial charge in [0.15, 0.2) is 5.72 Å². The summed E-state index contributed by atoms with van der Waals surface area (Å²) in [6.45, 7) is 8.10. The Hall–Kier alpha value is -3.14. The van der Waals surface area contributed by atoms with E-state index in [1.165, 1.54) is 16.8 Å². The lowest BCUT2D eigenvalue weighted by Crippen LogP contribution is -2.62. The minimum atomic E-state index is -1.86. The van der Waals surface area contributed by atoms with Crippen LogP contribution in [0.5, 0.6) is 0 Å². The number of benzene rings is 1. The molecule has 0 saturated carbocycles. The number of fused-ring (bicyclic) bond motifs is 5. The summed E-state index contributed by atoms with van der Waals surface area (Å²) in [6.07, 6.45) is 4.38. The van der Waals surface area contributed by atoms with Crippen LogP contribution in [0.3, 0.4) is 0 Å². The molecule has 3 aliphatic rings. The van der Waals surface area contributed by atoms with Gasteiger partial charge in [-0.3, -0.25) is 14.9 Å². The first-order valence-electron chi connectivity index (χ1n) is 17.9. The molecule has 1 aromatic carbocycles. The number of halogens is 1. The van der Waals surface area contributed by atoms with Crippen LogP contribution in [0.4, 0.5) is 10.5 Å². The number of aliphatic hydroxyl groups is 3. The fourth-order valence-corrected chi connectivity index (χ4v) is 7.58. The molecule has 4 N–H and O–H groups in total. The molecule has 3 amide bonds. The summed E-state index contributed by atoms with van der Waals surface area (Å²) in [7, 11) is 3.09. The zero-order valence-corrected chi connectivity index (χ0v) is 33.3. The molecule has 9 atom stereocenters. The number of hydrogen-bond donors (Lipinski definition) is 4.